The molecular weight excluding hydrogens is 226 g/mol. The van der Waals surface area contributed by atoms with E-state index in [1.54, 1.807) is 4.90 Å². The summed E-state index contributed by atoms with van der Waals surface area (Å²) in [7, 11) is 0. The molecule has 98 valence electrons. The first-order chi connectivity index (χ1) is 7.93. The highest BCUT2D eigenvalue weighted by Gasteiger charge is 2.29. The minimum absolute atomic E-state index is 0.0562. The van der Waals surface area contributed by atoms with Gasteiger partial charge in [-0.2, -0.15) is 0 Å². The lowest BCUT2D eigenvalue weighted by Crippen LogP contribution is -2.44. The van der Waals surface area contributed by atoms with Crippen LogP contribution in [-0.4, -0.2) is 46.9 Å². The lowest BCUT2D eigenvalue weighted by atomic mass is 10.2. The van der Waals surface area contributed by atoms with Crippen LogP contribution in [0.2, 0.25) is 0 Å². The molecule has 7 nitrogen and oxygen atoms in total. The maximum absolute atomic E-state index is 11.2. The molecule has 0 saturated carbocycles. The minimum Gasteiger partial charge on any atom is -0.480 e. The van der Waals surface area contributed by atoms with Crippen LogP contribution < -0.4 is 11.5 Å². The number of nitrogens with zero attached hydrogens (tertiary/aromatic N) is 1. The lowest BCUT2D eigenvalue weighted by Gasteiger charge is -2.23. The average Bonchev–Trinajstić information content (AvgIpc) is 2.66. The van der Waals surface area contributed by atoms with E-state index in [4.69, 9.17) is 10.8 Å². The monoisotopic (exact) mass is 245 g/mol. The molecule has 0 aromatic heterocycles. The van der Waals surface area contributed by atoms with Crippen LogP contribution in [-0.2, 0) is 14.4 Å². The zero-order chi connectivity index (χ0) is 13.4. The number of carbonyl (C=O) groups is 3. The van der Waals surface area contributed by atoms with Crippen LogP contribution in [0.3, 0.4) is 0 Å². The number of amides is 2. The molecule has 5 N–H and O–H groups in total. The molecule has 0 aliphatic carbocycles. The quantitative estimate of drug-likeness (QED) is 0.579. The van der Waals surface area contributed by atoms with Crippen LogP contribution >= 0.6 is 0 Å². The highest BCUT2D eigenvalue weighted by atomic mass is 16.4. The van der Waals surface area contributed by atoms with Gasteiger partial charge in [0, 0.05) is 13.0 Å². The van der Waals surface area contributed by atoms with Crippen LogP contribution in [0.4, 0.5) is 0 Å². The second-order valence-electron chi connectivity index (χ2n) is 3.61. The average molecular weight is 245 g/mol. The Labute approximate surface area is 99.7 Å². The number of hydrogen-bond donors (Lipinski definition) is 3. The van der Waals surface area contributed by atoms with E-state index in [0.29, 0.717) is 19.4 Å². The van der Waals surface area contributed by atoms with E-state index < -0.39 is 11.9 Å². The second-order valence-corrected chi connectivity index (χ2v) is 3.61. The molecule has 1 saturated heterocycles. The molecule has 0 bridgehead atoms. The van der Waals surface area contributed by atoms with Crippen molar-refractivity contribution in [2.45, 2.75) is 32.2 Å². The largest absolute Gasteiger partial charge is 0.480 e. The fourth-order valence-electron chi connectivity index (χ4n) is 1.57. The molecule has 1 fully saturated rings. The fourth-order valence-corrected chi connectivity index (χ4v) is 1.57. The molecule has 1 aliphatic rings. The van der Waals surface area contributed by atoms with Crippen LogP contribution in [0, 0.1) is 0 Å². The fraction of sp³-hybridized carbons (Fsp3) is 0.700. The van der Waals surface area contributed by atoms with Gasteiger partial charge in [-0.1, -0.05) is 6.92 Å². The number of carboxylic acids is 1. The first-order valence-corrected chi connectivity index (χ1v) is 5.44. The molecule has 0 unspecified atom stereocenters. The molecule has 7 heteroatoms. The van der Waals surface area contributed by atoms with Gasteiger partial charge in [-0.05, 0) is 12.8 Å². The standard InChI is InChI=1S/C8H14N2O2.C2H5NO2/c1-2-6(8(9)12)10-5-3-4-7(10)11;3-1-2(4)5/h6H,2-5H2,1H3,(H2,9,12);1,3H2,(H,4,5)/t6-;/m0./s1. The van der Waals surface area contributed by atoms with E-state index in [2.05, 4.69) is 5.73 Å². The van der Waals surface area contributed by atoms with Gasteiger partial charge in [0.2, 0.25) is 11.8 Å². The van der Waals surface area contributed by atoms with Gasteiger partial charge < -0.3 is 21.5 Å². The van der Waals surface area contributed by atoms with Gasteiger partial charge in [0.05, 0.1) is 6.54 Å². The van der Waals surface area contributed by atoms with E-state index in [1.807, 2.05) is 6.92 Å². The van der Waals surface area contributed by atoms with Crippen molar-refractivity contribution in [2.75, 3.05) is 13.1 Å². The van der Waals surface area contributed by atoms with Gasteiger partial charge in [-0.3, -0.25) is 14.4 Å². The topological polar surface area (TPSA) is 127 Å². The molecule has 0 radical (unpaired) electrons. The molecule has 2 amide bonds. The van der Waals surface area contributed by atoms with Gasteiger partial charge >= 0.3 is 5.97 Å². The predicted octanol–water partition coefficient (Wildman–Crippen LogP) is -1.10. The summed E-state index contributed by atoms with van der Waals surface area (Å²) in [5, 5.41) is 7.60. The number of carboxylic acid groups (broad SMARTS) is 1. The third kappa shape index (κ3) is 5.30. The zero-order valence-corrected chi connectivity index (χ0v) is 9.89. The van der Waals surface area contributed by atoms with Crippen molar-refractivity contribution in [1.82, 2.24) is 4.90 Å². The number of aliphatic carboxylic acids is 1. The van der Waals surface area contributed by atoms with E-state index >= 15 is 0 Å². The highest BCUT2D eigenvalue weighted by Crippen LogP contribution is 2.15. The summed E-state index contributed by atoms with van der Waals surface area (Å²) in [6.45, 7) is 2.27. The number of carbonyl (C=O) groups excluding carboxylic acids is 2. The Hall–Kier alpha value is -1.63. The van der Waals surface area contributed by atoms with Gasteiger partial charge in [0.15, 0.2) is 0 Å². The Morgan fingerprint density at radius 2 is 2.06 bits per heavy atom. The maximum atomic E-state index is 11.2. The van der Waals surface area contributed by atoms with Crippen molar-refractivity contribution in [3.63, 3.8) is 0 Å². The SMILES string of the molecule is CC[C@@H](C(N)=O)N1CCCC1=O.NCC(=O)O. The van der Waals surface area contributed by atoms with Gasteiger partial charge in [-0.15, -0.1) is 0 Å². The Morgan fingerprint density at radius 3 is 2.29 bits per heavy atom. The highest BCUT2D eigenvalue weighted by molar-refractivity contribution is 5.87. The van der Waals surface area contributed by atoms with E-state index in [1.165, 1.54) is 0 Å². The molecular formula is C10H19N3O4. The zero-order valence-electron chi connectivity index (χ0n) is 9.89. The minimum atomic E-state index is -0.968. The molecule has 1 aliphatic heterocycles. The Bertz CT molecular complexity index is 293. The van der Waals surface area contributed by atoms with Crippen molar-refractivity contribution >= 4 is 17.8 Å². The first-order valence-electron chi connectivity index (χ1n) is 5.44. The summed E-state index contributed by atoms with van der Waals surface area (Å²) in [6.07, 6.45) is 2.02. The summed E-state index contributed by atoms with van der Waals surface area (Å²) >= 11 is 0. The third-order valence-electron chi connectivity index (χ3n) is 2.38. The van der Waals surface area contributed by atoms with Crippen molar-refractivity contribution in [3.05, 3.63) is 0 Å². The number of nitrogens with two attached hydrogens (primary N) is 2. The van der Waals surface area contributed by atoms with Crippen molar-refractivity contribution in [3.8, 4) is 0 Å². The summed E-state index contributed by atoms with van der Waals surface area (Å²) in [4.78, 5) is 32.9. The molecule has 0 aromatic rings. The van der Waals surface area contributed by atoms with Gasteiger partial charge in [-0.25, -0.2) is 0 Å². The number of hydrogen-bond acceptors (Lipinski definition) is 4. The van der Waals surface area contributed by atoms with Crippen LogP contribution in [0.25, 0.3) is 0 Å². The Balaban J connectivity index is 0.000000437. The molecule has 1 rings (SSSR count). The Kier molecular flexibility index (Phi) is 6.88. The number of rotatable bonds is 4. The smallest absolute Gasteiger partial charge is 0.317 e. The number of likely N-dealkylation sites (tertiary alicyclic amines) is 1. The summed E-state index contributed by atoms with van der Waals surface area (Å²) in [5.74, 6) is -1.31. The normalized spacial score (nSPS) is 16.1. The van der Waals surface area contributed by atoms with Crippen molar-refractivity contribution in [1.29, 1.82) is 0 Å². The van der Waals surface area contributed by atoms with Crippen LogP contribution in [0.5, 0.6) is 0 Å². The first kappa shape index (κ1) is 15.4. The second kappa shape index (κ2) is 7.61. The van der Waals surface area contributed by atoms with E-state index in [0.717, 1.165) is 6.42 Å². The third-order valence-corrected chi connectivity index (χ3v) is 2.38. The number of primary amides is 1. The van der Waals surface area contributed by atoms with Gasteiger partial charge in [0.25, 0.3) is 0 Å². The predicted molar refractivity (Wildman–Crippen MR) is 60.9 cm³/mol. The summed E-state index contributed by atoms with van der Waals surface area (Å²) in [6, 6.07) is -0.389. The van der Waals surface area contributed by atoms with Crippen LogP contribution in [0.15, 0.2) is 0 Å². The maximum Gasteiger partial charge on any atom is 0.317 e. The van der Waals surface area contributed by atoms with E-state index in [-0.39, 0.29) is 18.5 Å². The van der Waals surface area contributed by atoms with Crippen LogP contribution in [0.1, 0.15) is 26.2 Å². The Morgan fingerprint density at radius 1 is 1.53 bits per heavy atom. The van der Waals surface area contributed by atoms with Gasteiger partial charge in [0.1, 0.15) is 6.04 Å². The lowest BCUT2D eigenvalue weighted by molar-refractivity contribution is -0.136. The molecule has 17 heavy (non-hydrogen) atoms. The molecule has 1 atom stereocenters. The summed E-state index contributed by atoms with van der Waals surface area (Å²) in [5.41, 5.74) is 9.73. The molecule has 0 spiro atoms. The summed E-state index contributed by atoms with van der Waals surface area (Å²) < 4.78 is 0. The molecule has 1 heterocycles. The van der Waals surface area contributed by atoms with Crippen molar-refractivity contribution in [2.24, 2.45) is 11.5 Å². The molecule has 0 aromatic carbocycles. The van der Waals surface area contributed by atoms with Crippen molar-refractivity contribution < 1.29 is 19.5 Å². The van der Waals surface area contributed by atoms with E-state index in [9.17, 15) is 14.4 Å².